The standard InChI is InChI=1S/C5H8BrN3OS/c1-3(2-10)7-5-9-8-4(6)11-5/h3,10H,2H2,1H3,(H,7,9). The van der Waals surface area contributed by atoms with Crippen molar-refractivity contribution in [1.82, 2.24) is 10.2 Å². The number of aromatic nitrogens is 2. The van der Waals surface area contributed by atoms with Gasteiger partial charge in [0.2, 0.25) is 5.13 Å². The van der Waals surface area contributed by atoms with Crippen LogP contribution in [-0.4, -0.2) is 28.0 Å². The summed E-state index contributed by atoms with van der Waals surface area (Å²) in [7, 11) is 0. The van der Waals surface area contributed by atoms with E-state index in [0.717, 1.165) is 9.05 Å². The number of nitrogens with zero attached hydrogens (tertiary/aromatic N) is 2. The Hall–Kier alpha value is -0.200. The molecule has 0 saturated heterocycles. The molecule has 0 amide bonds. The first-order chi connectivity index (χ1) is 5.22. The first-order valence-electron chi connectivity index (χ1n) is 3.08. The highest BCUT2D eigenvalue weighted by Crippen LogP contribution is 2.20. The van der Waals surface area contributed by atoms with Crippen LogP contribution in [0.4, 0.5) is 5.13 Å². The molecule has 1 unspecified atom stereocenters. The summed E-state index contributed by atoms with van der Waals surface area (Å²) in [5, 5.41) is 19.9. The van der Waals surface area contributed by atoms with Crippen LogP contribution in [0.2, 0.25) is 0 Å². The van der Waals surface area contributed by atoms with Crippen LogP contribution < -0.4 is 5.32 Å². The monoisotopic (exact) mass is 237 g/mol. The van der Waals surface area contributed by atoms with Crippen LogP contribution in [0.5, 0.6) is 0 Å². The summed E-state index contributed by atoms with van der Waals surface area (Å²) in [5.74, 6) is 0. The molecule has 0 aliphatic carbocycles. The minimum atomic E-state index is 0.0230. The van der Waals surface area contributed by atoms with E-state index in [-0.39, 0.29) is 12.6 Å². The molecule has 0 aromatic carbocycles. The largest absolute Gasteiger partial charge is 0.394 e. The van der Waals surface area contributed by atoms with Crippen molar-refractivity contribution in [2.45, 2.75) is 13.0 Å². The highest BCUT2D eigenvalue weighted by Gasteiger charge is 2.03. The number of aliphatic hydroxyl groups is 1. The molecule has 1 rings (SSSR count). The van der Waals surface area contributed by atoms with Gasteiger partial charge in [0.25, 0.3) is 0 Å². The molecular weight excluding hydrogens is 230 g/mol. The number of aliphatic hydroxyl groups excluding tert-OH is 1. The van der Waals surface area contributed by atoms with Gasteiger partial charge in [0.1, 0.15) is 0 Å². The molecule has 2 N–H and O–H groups in total. The van der Waals surface area contributed by atoms with Crippen LogP contribution in [0.3, 0.4) is 0 Å². The van der Waals surface area contributed by atoms with E-state index in [4.69, 9.17) is 5.11 Å². The summed E-state index contributed by atoms with van der Waals surface area (Å²) in [5.41, 5.74) is 0. The second-order valence-corrected chi connectivity index (χ2v) is 4.34. The Balaban J connectivity index is 2.50. The SMILES string of the molecule is CC(CO)Nc1nnc(Br)s1. The maximum Gasteiger partial charge on any atom is 0.206 e. The van der Waals surface area contributed by atoms with E-state index < -0.39 is 0 Å². The summed E-state index contributed by atoms with van der Waals surface area (Å²) in [6, 6.07) is 0.0230. The maximum absolute atomic E-state index is 8.69. The molecule has 0 aliphatic heterocycles. The van der Waals surface area contributed by atoms with Crippen LogP contribution >= 0.6 is 27.3 Å². The van der Waals surface area contributed by atoms with Crippen molar-refractivity contribution in [2.75, 3.05) is 11.9 Å². The van der Waals surface area contributed by atoms with Gasteiger partial charge in [0.05, 0.1) is 6.61 Å². The summed E-state index contributed by atoms with van der Waals surface area (Å²) < 4.78 is 0.741. The second-order valence-electron chi connectivity index (χ2n) is 2.09. The third-order valence-corrected chi connectivity index (χ3v) is 2.33. The molecule has 6 heteroatoms. The average molecular weight is 238 g/mol. The van der Waals surface area contributed by atoms with Crippen molar-refractivity contribution < 1.29 is 5.11 Å². The topological polar surface area (TPSA) is 58.0 Å². The lowest BCUT2D eigenvalue weighted by atomic mass is 10.4. The number of halogens is 1. The molecule has 4 nitrogen and oxygen atoms in total. The van der Waals surface area contributed by atoms with E-state index >= 15 is 0 Å². The fraction of sp³-hybridized carbons (Fsp3) is 0.600. The summed E-state index contributed by atoms with van der Waals surface area (Å²) in [6.45, 7) is 1.96. The van der Waals surface area contributed by atoms with Gasteiger partial charge in [0.15, 0.2) is 3.92 Å². The quantitative estimate of drug-likeness (QED) is 0.827. The van der Waals surface area contributed by atoms with E-state index in [9.17, 15) is 0 Å². The third-order valence-electron chi connectivity index (χ3n) is 1.04. The molecule has 1 heterocycles. The normalized spacial score (nSPS) is 13.0. The van der Waals surface area contributed by atoms with E-state index in [2.05, 4.69) is 31.4 Å². The second kappa shape index (κ2) is 3.99. The Labute approximate surface area is 76.8 Å². The predicted molar refractivity (Wildman–Crippen MR) is 47.8 cm³/mol. The van der Waals surface area contributed by atoms with Gasteiger partial charge in [-0.1, -0.05) is 11.3 Å². The Morgan fingerprint density at radius 2 is 2.45 bits per heavy atom. The minimum absolute atomic E-state index is 0.0230. The smallest absolute Gasteiger partial charge is 0.206 e. The van der Waals surface area contributed by atoms with Gasteiger partial charge in [0, 0.05) is 6.04 Å². The zero-order valence-corrected chi connectivity index (χ0v) is 8.31. The molecule has 1 aromatic rings. The Morgan fingerprint density at radius 1 is 1.73 bits per heavy atom. The van der Waals surface area contributed by atoms with Gasteiger partial charge >= 0.3 is 0 Å². The fourth-order valence-corrected chi connectivity index (χ4v) is 1.64. The van der Waals surface area contributed by atoms with Crippen molar-refractivity contribution in [3.63, 3.8) is 0 Å². The van der Waals surface area contributed by atoms with E-state index in [0.29, 0.717) is 0 Å². The van der Waals surface area contributed by atoms with Gasteiger partial charge in [-0.3, -0.25) is 0 Å². The van der Waals surface area contributed by atoms with E-state index in [1.807, 2.05) is 6.92 Å². The first kappa shape index (κ1) is 8.89. The number of anilines is 1. The number of hydrogen-bond donors (Lipinski definition) is 2. The number of rotatable bonds is 3. The molecule has 0 saturated carbocycles. The van der Waals surface area contributed by atoms with Crippen LogP contribution in [0.25, 0.3) is 0 Å². The molecule has 0 radical (unpaired) electrons. The van der Waals surface area contributed by atoms with Gasteiger partial charge in [-0.25, -0.2) is 0 Å². The molecule has 0 spiro atoms. The van der Waals surface area contributed by atoms with Crippen molar-refractivity contribution in [1.29, 1.82) is 0 Å². The zero-order valence-electron chi connectivity index (χ0n) is 5.91. The lowest BCUT2D eigenvalue weighted by Gasteiger charge is -2.06. The molecule has 0 fully saturated rings. The van der Waals surface area contributed by atoms with Gasteiger partial charge in [-0.2, -0.15) is 0 Å². The van der Waals surface area contributed by atoms with Crippen molar-refractivity contribution in [3.05, 3.63) is 3.92 Å². The zero-order chi connectivity index (χ0) is 8.27. The average Bonchev–Trinajstić information content (AvgIpc) is 2.35. The fourth-order valence-electron chi connectivity index (χ4n) is 0.520. The van der Waals surface area contributed by atoms with Crippen LogP contribution in [0, 0.1) is 0 Å². The number of nitrogens with one attached hydrogen (secondary N) is 1. The molecule has 0 aliphatic rings. The predicted octanol–water partition coefficient (Wildman–Crippen LogP) is 1.09. The maximum atomic E-state index is 8.69. The molecule has 0 bridgehead atoms. The molecule has 1 aromatic heterocycles. The highest BCUT2D eigenvalue weighted by atomic mass is 79.9. The van der Waals surface area contributed by atoms with E-state index in [1.165, 1.54) is 11.3 Å². The number of hydrogen-bond acceptors (Lipinski definition) is 5. The lowest BCUT2D eigenvalue weighted by Crippen LogP contribution is -2.18. The van der Waals surface area contributed by atoms with Crippen molar-refractivity contribution >= 4 is 32.4 Å². The minimum Gasteiger partial charge on any atom is -0.394 e. The Morgan fingerprint density at radius 3 is 2.91 bits per heavy atom. The van der Waals surface area contributed by atoms with E-state index in [1.54, 1.807) is 0 Å². The van der Waals surface area contributed by atoms with Gasteiger partial charge < -0.3 is 10.4 Å². The van der Waals surface area contributed by atoms with Gasteiger partial charge in [-0.05, 0) is 22.9 Å². The van der Waals surface area contributed by atoms with Crippen LogP contribution in [-0.2, 0) is 0 Å². The third kappa shape index (κ3) is 2.72. The summed E-state index contributed by atoms with van der Waals surface area (Å²) >= 11 is 4.59. The lowest BCUT2D eigenvalue weighted by molar-refractivity contribution is 0.281. The van der Waals surface area contributed by atoms with Crippen molar-refractivity contribution in [2.24, 2.45) is 0 Å². The van der Waals surface area contributed by atoms with Crippen LogP contribution in [0.1, 0.15) is 6.92 Å². The molecule has 1 atom stereocenters. The first-order valence-corrected chi connectivity index (χ1v) is 4.69. The van der Waals surface area contributed by atoms with Gasteiger partial charge in [-0.15, -0.1) is 10.2 Å². The van der Waals surface area contributed by atoms with Crippen LogP contribution in [0.15, 0.2) is 3.92 Å². The Bertz CT molecular complexity index is 229. The Kier molecular flexibility index (Phi) is 3.22. The summed E-state index contributed by atoms with van der Waals surface area (Å²) in [4.78, 5) is 0. The highest BCUT2D eigenvalue weighted by molar-refractivity contribution is 9.11. The summed E-state index contributed by atoms with van der Waals surface area (Å²) in [6.07, 6.45) is 0. The molecule has 62 valence electrons. The molecule has 11 heavy (non-hydrogen) atoms. The molecular formula is C5H8BrN3OS. The van der Waals surface area contributed by atoms with Crippen molar-refractivity contribution in [3.8, 4) is 0 Å².